The Hall–Kier alpha value is -2.20. The van der Waals surface area contributed by atoms with Crippen LogP contribution in [0.4, 0.5) is 0 Å². The van der Waals surface area contributed by atoms with Gasteiger partial charge in [-0.3, -0.25) is 4.79 Å². The van der Waals surface area contributed by atoms with Crippen molar-refractivity contribution in [1.82, 2.24) is 5.32 Å². The van der Waals surface area contributed by atoms with Crippen LogP contribution in [0, 0.1) is 0 Å². The predicted octanol–water partition coefficient (Wildman–Crippen LogP) is 4.65. The number of para-hydroxylation sites is 1. The van der Waals surface area contributed by atoms with Gasteiger partial charge >= 0.3 is 0 Å². The Bertz CT molecular complexity index is 759. The van der Waals surface area contributed by atoms with Gasteiger partial charge in [0, 0.05) is 15.8 Å². The largest absolute Gasteiger partial charge is 0.459 e. The molecule has 0 aliphatic rings. The summed E-state index contributed by atoms with van der Waals surface area (Å²) in [6.07, 6.45) is 2.01. The molecule has 1 heterocycles. The molecule has 3 rings (SSSR count). The molecule has 0 saturated carbocycles. The van der Waals surface area contributed by atoms with Crippen molar-refractivity contribution in [2.45, 2.75) is 17.9 Å². The summed E-state index contributed by atoms with van der Waals surface area (Å²) in [6.45, 7) is 1.92. The van der Waals surface area contributed by atoms with E-state index in [4.69, 9.17) is 4.42 Å². The van der Waals surface area contributed by atoms with E-state index >= 15 is 0 Å². The molecule has 0 aliphatic carbocycles. The number of amides is 1. The van der Waals surface area contributed by atoms with E-state index in [0.717, 1.165) is 21.6 Å². The third kappa shape index (κ3) is 3.02. The van der Waals surface area contributed by atoms with Crippen molar-refractivity contribution in [1.29, 1.82) is 0 Å². The van der Waals surface area contributed by atoms with Crippen molar-refractivity contribution in [3.63, 3.8) is 0 Å². The topological polar surface area (TPSA) is 42.2 Å². The van der Waals surface area contributed by atoms with Gasteiger partial charge < -0.3 is 9.73 Å². The van der Waals surface area contributed by atoms with Gasteiger partial charge in [-0.25, -0.2) is 0 Å². The van der Waals surface area contributed by atoms with Gasteiger partial charge in [0.2, 0.25) is 0 Å². The molecule has 0 aliphatic heterocycles. The fourth-order valence-corrected chi connectivity index (χ4v) is 2.72. The van der Waals surface area contributed by atoms with E-state index in [1.165, 1.54) is 0 Å². The third-order valence-corrected chi connectivity index (χ3v) is 4.31. The number of carbonyl (C=O) groups is 1. The second-order valence-electron chi connectivity index (χ2n) is 5.11. The lowest BCUT2D eigenvalue weighted by Gasteiger charge is -2.11. The van der Waals surface area contributed by atoms with Crippen LogP contribution in [0.1, 0.15) is 29.1 Å². The van der Waals surface area contributed by atoms with E-state index in [1.807, 2.05) is 67.8 Å². The molecule has 1 atom stereocenters. The SMILES string of the molecule is CSc1ccc(C(=O)N[C@H](C)c2cc3ccccc3o2)cc1. The molecule has 0 spiro atoms. The zero-order valence-corrected chi connectivity index (χ0v) is 13.3. The standard InChI is InChI=1S/C18H17NO2S/c1-12(17-11-14-5-3-4-6-16(14)21-17)19-18(20)13-7-9-15(22-2)10-8-13/h3-12H,1-2H3,(H,19,20)/t12-/m1/s1. The van der Waals surface area contributed by atoms with Gasteiger partial charge in [-0.1, -0.05) is 18.2 Å². The summed E-state index contributed by atoms with van der Waals surface area (Å²) in [5, 5.41) is 4.02. The first-order chi connectivity index (χ1) is 10.7. The van der Waals surface area contributed by atoms with E-state index in [1.54, 1.807) is 11.8 Å². The van der Waals surface area contributed by atoms with Crippen LogP contribution >= 0.6 is 11.8 Å². The molecule has 1 amide bonds. The molecule has 2 aromatic carbocycles. The summed E-state index contributed by atoms with van der Waals surface area (Å²) in [4.78, 5) is 13.4. The molecule has 0 bridgehead atoms. The number of hydrogen-bond acceptors (Lipinski definition) is 3. The second-order valence-corrected chi connectivity index (χ2v) is 5.99. The van der Waals surface area contributed by atoms with Crippen LogP contribution in [0.5, 0.6) is 0 Å². The van der Waals surface area contributed by atoms with Crippen LogP contribution in [-0.4, -0.2) is 12.2 Å². The molecule has 0 saturated heterocycles. The molecular formula is C18H17NO2S. The fourth-order valence-electron chi connectivity index (χ4n) is 2.31. The minimum Gasteiger partial charge on any atom is -0.459 e. The first kappa shape index (κ1) is 14.7. The van der Waals surface area contributed by atoms with E-state index in [-0.39, 0.29) is 11.9 Å². The van der Waals surface area contributed by atoms with Crippen LogP contribution in [0.15, 0.2) is 63.9 Å². The van der Waals surface area contributed by atoms with Crippen molar-refractivity contribution in [2.75, 3.05) is 6.26 Å². The molecule has 22 heavy (non-hydrogen) atoms. The zero-order valence-electron chi connectivity index (χ0n) is 12.5. The molecule has 0 radical (unpaired) electrons. The normalized spacial score (nSPS) is 12.3. The Kier molecular flexibility index (Phi) is 4.20. The van der Waals surface area contributed by atoms with Crippen molar-refractivity contribution in [2.24, 2.45) is 0 Å². The van der Waals surface area contributed by atoms with E-state index in [9.17, 15) is 4.79 Å². The van der Waals surface area contributed by atoms with Gasteiger partial charge in [-0.05, 0) is 49.6 Å². The Labute approximate surface area is 133 Å². The van der Waals surface area contributed by atoms with Crippen LogP contribution in [0.25, 0.3) is 11.0 Å². The molecule has 112 valence electrons. The Balaban J connectivity index is 1.74. The molecule has 1 N–H and O–H groups in total. The van der Waals surface area contributed by atoms with Crippen LogP contribution < -0.4 is 5.32 Å². The molecule has 3 aromatic rings. The first-order valence-corrected chi connectivity index (χ1v) is 8.33. The number of fused-ring (bicyclic) bond motifs is 1. The average molecular weight is 311 g/mol. The maximum absolute atomic E-state index is 12.3. The maximum Gasteiger partial charge on any atom is 0.251 e. The van der Waals surface area contributed by atoms with E-state index in [2.05, 4.69) is 5.32 Å². The number of benzene rings is 2. The molecule has 0 unspecified atom stereocenters. The highest BCUT2D eigenvalue weighted by Gasteiger charge is 2.15. The van der Waals surface area contributed by atoms with Crippen LogP contribution in [-0.2, 0) is 0 Å². The van der Waals surface area contributed by atoms with Crippen LogP contribution in [0.2, 0.25) is 0 Å². The van der Waals surface area contributed by atoms with Crippen molar-refractivity contribution >= 4 is 28.6 Å². The minimum atomic E-state index is -0.180. The molecule has 0 fully saturated rings. The number of rotatable bonds is 4. The highest BCUT2D eigenvalue weighted by molar-refractivity contribution is 7.98. The first-order valence-electron chi connectivity index (χ1n) is 7.11. The van der Waals surface area contributed by atoms with E-state index in [0.29, 0.717) is 5.56 Å². The lowest BCUT2D eigenvalue weighted by Crippen LogP contribution is -2.26. The van der Waals surface area contributed by atoms with Crippen molar-refractivity contribution in [3.05, 3.63) is 65.9 Å². The molecule has 3 nitrogen and oxygen atoms in total. The predicted molar refractivity (Wildman–Crippen MR) is 90.3 cm³/mol. The second kappa shape index (κ2) is 6.28. The molecule has 4 heteroatoms. The monoisotopic (exact) mass is 311 g/mol. The Morgan fingerprint density at radius 3 is 2.55 bits per heavy atom. The summed E-state index contributed by atoms with van der Waals surface area (Å²) in [7, 11) is 0. The third-order valence-electron chi connectivity index (χ3n) is 3.57. The number of nitrogens with one attached hydrogen (secondary N) is 1. The summed E-state index contributed by atoms with van der Waals surface area (Å²) < 4.78 is 5.79. The smallest absolute Gasteiger partial charge is 0.251 e. The van der Waals surface area contributed by atoms with Gasteiger partial charge in [0.05, 0.1) is 6.04 Å². The fraction of sp³-hybridized carbons (Fsp3) is 0.167. The maximum atomic E-state index is 12.3. The number of furan rings is 1. The Morgan fingerprint density at radius 2 is 1.86 bits per heavy atom. The Morgan fingerprint density at radius 1 is 1.14 bits per heavy atom. The quantitative estimate of drug-likeness (QED) is 0.713. The highest BCUT2D eigenvalue weighted by atomic mass is 32.2. The number of thioether (sulfide) groups is 1. The van der Waals surface area contributed by atoms with Gasteiger partial charge in [0.25, 0.3) is 5.91 Å². The number of carbonyl (C=O) groups excluding carboxylic acids is 1. The zero-order chi connectivity index (χ0) is 15.5. The highest BCUT2D eigenvalue weighted by Crippen LogP contribution is 2.24. The summed E-state index contributed by atoms with van der Waals surface area (Å²) in [5.41, 5.74) is 1.49. The lowest BCUT2D eigenvalue weighted by molar-refractivity contribution is 0.0935. The van der Waals surface area contributed by atoms with Gasteiger partial charge in [0.1, 0.15) is 11.3 Å². The van der Waals surface area contributed by atoms with Gasteiger partial charge in [-0.2, -0.15) is 0 Å². The minimum absolute atomic E-state index is 0.0967. The summed E-state index contributed by atoms with van der Waals surface area (Å²) in [5.74, 6) is 0.663. The van der Waals surface area contributed by atoms with Crippen molar-refractivity contribution < 1.29 is 9.21 Å². The van der Waals surface area contributed by atoms with Crippen molar-refractivity contribution in [3.8, 4) is 0 Å². The van der Waals surface area contributed by atoms with Crippen LogP contribution in [0.3, 0.4) is 0 Å². The van der Waals surface area contributed by atoms with Gasteiger partial charge in [0.15, 0.2) is 0 Å². The summed E-state index contributed by atoms with van der Waals surface area (Å²) >= 11 is 1.66. The van der Waals surface area contributed by atoms with E-state index < -0.39 is 0 Å². The molecular weight excluding hydrogens is 294 g/mol. The average Bonchev–Trinajstić information content (AvgIpc) is 2.99. The van der Waals surface area contributed by atoms with Gasteiger partial charge in [-0.15, -0.1) is 11.8 Å². The molecule has 1 aromatic heterocycles. The summed E-state index contributed by atoms with van der Waals surface area (Å²) in [6, 6.07) is 17.2. The lowest BCUT2D eigenvalue weighted by atomic mass is 10.1. The number of hydrogen-bond donors (Lipinski definition) is 1.